The van der Waals surface area contributed by atoms with Crippen LogP contribution in [0.25, 0.3) is 0 Å². The van der Waals surface area contributed by atoms with Crippen LogP contribution in [0.2, 0.25) is 5.02 Å². The Kier molecular flexibility index (Phi) is 5.45. The number of rotatable bonds is 5. The Balaban J connectivity index is 2.54. The van der Waals surface area contributed by atoms with Crippen molar-refractivity contribution in [3.8, 4) is 0 Å². The summed E-state index contributed by atoms with van der Waals surface area (Å²) < 4.78 is 0. The third-order valence-electron chi connectivity index (χ3n) is 2.38. The van der Waals surface area contributed by atoms with E-state index in [1.807, 2.05) is 6.07 Å². The molecule has 0 fully saturated rings. The molecule has 1 rings (SSSR count). The predicted molar refractivity (Wildman–Crippen MR) is 68.6 cm³/mol. The Bertz CT molecular complexity index is 437. The van der Waals surface area contributed by atoms with Gasteiger partial charge in [-0.3, -0.25) is 4.79 Å². The monoisotopic (exact) mass is 270 g/mol. The fourth-order valence-electron chi connectivity index (χ4n) is 1.41. The number of carbonyl (C=O) groups excluding carboxylic acids is 1. The number of aliphatic carboxylic acids is 1. The average Bonchev–Trinajstić information content (AvgIpc) is 2.34. The largest absolute Gasteiger partial charge is 0.480 e. The van der Waals surface area contributed by atoms with Gasteiger partial charge in [-0.15, -0.1) is 0 Å². The third kappa shape index (κ3) is 4.25. The van der Waals surface area contributed by atoms with Gasteiger partial charge in [0.15, 0.2) is 0 Å². The molecule has 2 N–H and O–H groups in total. The lowest BCUT2D eigenvalue weighted by molar-refractivity contribution is -0.137. The SMILES string of the molecule is CCN(CC(=O)O)C(=O)NCc1ccccc1Cl. The summed E-state index contributed by atoms with van der Waals surface area (Å²) in [7, 11) is 0. The number of carboxylic acid groups (broad SMARTS) is 1. The number of nitrogens with one attached hydrogen (secondary N) is 1. The van der Waals surface area contributed by atoms with Crippen molar-refractivity contribution in [2.75, 3.05) is 13.1 Å². The minimum Gasteiger partial charge on any atom is -0.480 e. The first-order valence-corrected chi connectivity index (χ1v) is 5.90. The Labute approximate surface area is 110 Å². The van der Waals surface area contributed by atoms with Crippen LogP contribution < -0.4 is 5.32 Å². The summed E-state index contributed by atoms with van der Waals surface area (Å²) >= 11 is 5.95. The first kappa shape index (κ1) is 14.3. The molecule has 0 aliphatic heterocycles. The summed E-state index contributed by atoms with van der Waals surface area (Å²) in [5, 5.41) is 11.9. The fraction of sp³-hybridized carbons (Fsp3) is 0.333. The van der Waals surface area contributed by atoms with Gasteiger partial charge in [0.2, 0.25) is 0 Å². The van der Waals surface area contributed by atoms with E-state index in [0.29, 0.717) is 11.6 Å². The van der Waals surface area contributed by atoms with Crippen molar-refractivity contribution in [3.63, 3.8) is 0 Å². The van der Waals surface area contributed by atoms with Gasteiger partial charge >= 0.3 is 12.0 Å². The quantitative estimate of drug-likeness (QED) is 0.859. The number of amides is 2. The summed E-state index contributed by atoms with van der Waals surface area (Å²) in [5.41, 5.74) is 0.791. The first-order chi connectivity index (χ1) is 8.54. The lowest BCUT2D eigenvalue weighted by Crippen LogP contribution is -2.42. The van der Waals surface area contributed by atoms with E-state index >= 15 is 0 Å². The molecule has 0 saturated carbocycles. The van der Waals surface area contributed by atoms with E-state index in [-0.39, 0.29) is 13.1 Å². The van der Waals surface area contributed by atoms with Crippen LogP contribution >= 0.6 is 11.6 Å². The van der Waals surface area contributed by atoms with Gasteiger partial charge in [0.05, 0.1) is 0 Å². The van der Waals surface area contributed by atoms with E-state index in [1.54, 1.807) is 25.1 Å². The molecule has 2 amide bonds. The molecule has 1 aromatic carbocycles. The topological polar surface area (TPSA) is 69.6 Å². The summed E-state index contributed by atoms with van der Waals surface area (Å²) in [6.07, 6.45) is 0. The Morgan fingerprint density at radius 1 is 1.39 bits per heavy atom. The standard InChI is InChI=1S/C12H15ClN2O3/c1-2-15(8-11(16)17)12(18)14-7-9-5-3-4-6-10(9)13/h3-6H,2,7-8H2,1H3,(H,14,18)(H,16,17). The maximum absolute atomic E-state index is 11.7. The minimum atomic E-state index is -1.04. The molecule has 0 spiro atoms. The molecule has 0 saturated heterocycles. The Morgan fingerprint density at radius 3 is 2.61 bits per heavy atom. The van der Waals surface area contributed by atoms with Crippen LogP contribution in [0.1, 0.15) is 12.5 Å². The van der Waals surface area contributed by atoms with Gasteiger partial charge in [0, 0.05) is 18.1 Å². The number of likely N-dealkylation sites (N-methyl/N-ethyl adjacent to an activating group) is 1. The lowest BCUT2D eigenvalue weighted by Gasteiger charge is -2.19. The van der Waals surface area contributed by atoms with E-state index in [9.17, 15) is 9.59 Å². The Morgan fingerprint density at radius 2 is 2.06 bits per heavy atom. The molecule has 5 nitrogen and oxygen atoms in total. The van der Waals surface area contributed by atoms with Crippen LogP contribution in [0.5, 0.6) is 0 Å². The molecule has 98 valence electrons. The van der Waals surface area contributed by atoms with Gasteiger partial charge in [-0.25, -0.2) is 4.79 Å². The minimum absolute atomic E-state index is 0.272. The van der Waals surface area contributed by atoms with Gasteiger partial charge in [-0.2, -0.15) is 0 Å². The highest BCUT2D eigenvalue weighted by Crippen LogP contribution is 2.14. The molecule has 0 radical (unpaired) electrons. The Hall–Kier alpha value is -1.75. The summed E-state index contributed by atoms with van der Waals surface area (Å²) in [4.78, 5) is 23.5. The average molecular weight is 271 g/mol. The van der Waals surface area contributed by atoms with Crippen molar-refractivity contribution in [2.24, 2.45) is 0 Å². The highest BCUT2D eigenvalue weighted by Gasteiger charge is 2.14. The van der Waals surface area contributed by atoms with Crippen molar-refractivity contribution < 1.29 is 14.7 Å². The molecule has 1 aromatic rings. The van der Waals surface area contributed by atoms with Crippen LogP contribution in [-0.2, 0) is 11.3 Å². The molecule has 0 atom stereocenters. The van der Waals surface area contributed by atoms with Gasteiger partial charge in [0.1, 0.15) is 6.54 Å². The highest BCUT2D eigenvalue weighted by molar-refractivity contribution is 6.31. The van der Waals surface area contributed by atoms with Crippen molar-refractivity contribution in [3.05, 3.63) is 34.9 Å². The van der Waals surface area contributed by atoms with Gasteiger partial charge in [0.25, 0.3) is 0 Å². The zero-order chi connectivity index (χ0) is 13.5. The molecule has 0 aromatic heterocycles. The van der Waals surface area contributed by atoms with E-state index in [2.05, 4.69) is 5.32 Å². The van der Waals surface area contributed by atoms with E-state index < -0.39 is 12.0 Å². The maximum atomic E-state index is 11.7. The van der Waals surface area contributed by atoms with Crippen LogP contribution in [-0.4, -0.2) is 35.1 Å². The molecule has 0 aliphatic carbocycles. The molecular weight excluding hydrogens is 256 g/mol. The summed E-state index contributed by atoms with van der Waals surface area (Å²) in [5.74, 6) is -1.04. The lowest BCUT2D eigenvalue weighted by atomic mass is 10.2. The van der Waals surface area contributed by atoms with E-state index in [1.165, 1.54) is 4.90 Å². The number of nitrogens with zero attached hydrogens (tertiary/aromatic N) is 1. The highest BCUT2D eigenvalue weighted by atomic mass is 35.5. The second-order valence-electron chi connectivity index (χ2n) is 3.66. The number of carbonyl (C=O) groups is 2. The van der Waals surface area contributed by atoms with E-state index in [4.69, 9.17) is 16.7 Å². The zero-order valence-corrected chi connectivity index (χ0v) is 10.8. The maximum Gasteiger partial charge on any atom is 0.323 e. The van der Waals surface area contributed by atoms with Crippen LogP contribution in [0, 0.1) is 0 Å². The number of benzene rings is 1. The summed E-state index contributed by atoms with van der Waals surface area (Å²) in [6, 6.07) is 6.74. The van der Waals surface area contributed by atoms with Gasteiger partial charge < -0.3 is 15.3 Å². The van der Waals surface area contributed by atoms with Crippen LogP contribution in [0.4, 0.5) is 4.79 Å². The fourth-order valence-corrected chi connectivity index (χ4v) is 1.62. The number of urea groups is 1. The van der Waals surface area contributed by atoms with Crippen molar-refractivity contribution in [1.82, 2.24) is 10.2 Å². The van der Waals surface area contributed by atoms with Crippen LogP contribution in [0.15, 0.2) is 24.3 Å². The number of halogens is 1. The first-order valence-electron chi connectivity index (χ1n) is 5.52. The molecule has 18 heavy (non-hydrogen) atoms. The second-order valence-corrected chi connectivity index (χ2v) is 4.07. The predicted octanol–water partition coefficient (Wildman–Crippen LogP) is 1.96. The zero-order valence-electron chi connectivity index (χ0n) is 10.0. The third-order valence-corrected chi connectivity index (χ3v) is 2.75. The molecular formula is C12H15ClN2O3. The number of carboxylic acids is 1. The molecule has 0 bridgehead atoms. The summed E-state index contributed by atoms with van der Waals surface area (Å²) in [6.45, 7) is 2.01. The van der Waals surface area contributed by atoms with Gasteiger partial charge in [-0.1, -0.05) is 29.8 Å². The number of hydrogen-bond acceptors (Lipinski definition) is 2. The van der Waals surface area contributed by atoms with Crippen molar-refractivity contribution in [1.29, 1.82) is 0 Å². The second kappa shape index (κ2) is 6.86. The van der Waals surface area contributed by atoms with E-state index in [0.717, 1.165) is 5.56 Å². The molecule has 6 heteroatoms. The molecule has 0 unspecified atom stereocenters. The number of hydrogen-bond donors (Lipinski definition) is 2. The van der Waals surface area contributed by atoms with Gasteiger partial charge in [-0.05, 0) is 18.6 Å². The smallest absolute Gasteiger partial charge is 0.323 e. The van der Waals surface area contributed by atoms with Crippen molar-refractivity contribution in [2.45, 2.75) is 13.5 Å². The van der Waals surface area contributed by atoms with Crippen LogP contribution in [0.3, 0.4) is 0 Å². The molecule has 0 aliphatic rings. The molecule has 0 heterocycles. The van der Waals surface area contributed by atoms with Crippen molar-refractivity contribution >= 4 is 23.6 Å². The normalized spacial score (nSPS) is 9.89.